The van der Waals surface area contributed by atoms with Crippen LogP contribution < -0.4 is 0 Å². The maximum atomic E-state index is 8.95. The zero-order valence-electron chi connectivity index (χ0n) is 9.69. The molecule has 0 radical (unpaired) electrons. The van der Waals surface area contributed by atoms with Gasteiger partial charge in [0.25, 0.3) is 0 Å². The summed E-state index contributed by atoms with van der Waals surface area (Å²) in [5, 5.41) is 8.95. The van der Waals surface area contributed by atoms with Gasteiger partial charge in [0, 0.05) is 7.11 Å². The zero-order valence-corrected chi connectivity index (χ0v) is 9.69. The summed E-state index contributed by atoms with van der Waals surface area (Å²) in [6.45, 7) is 4.45. The highest BCUT2D eigenvalue weighted by atomic mass is 16.5. The van der Waals surface area contributed by atoms with Gasteiger partial charge < -0.3 is 14.6 Å². The molecule has 0 saturated heterocycles. The second kappa shape index (κ2) is 5.45. The van der Waals surface area contributed by atoms with Gasteiger partial charge in [0.05, 0.1) is 18.8 Å². The Labute approximate surface area is 91.4 Å². The number of ether oxygens (including phenoxy) is 2. The van der Waals surface area contributed by atoms with Crippen molar-refractivity contribution in [3.05, 3.63) is 23.8 Å². The van der Waals surface area contributed by atoms with Crippen molar-refractivity contribution < 1.29 is 14.6 Å². The Morgan fingerprint density at radius 3 is 2.73 bits per heavy atom. The molecule has 86 valence electrons. The van der Waals surface area contributed by atoms with Crippen molar-refractivity contribution >= 4 is 0 Å². The van der Waals surface area contributed by atoms with E-state index in [4.69, 9.17) is 14.6 Å². The van der Waals surface area contributed by atoms with Gasteiger partial charge in [-0.3, -0.25) is 0 Å². The fourth-order valence-corrected chi connectivity index (χ4v) is 1.48. The van der Waals surface area contributed by atoms with Crippen molar-refractivity contribution in [3.8, 4) is 0 Å². The van der Waals surface area contributed by atoms with E-state index in [9.17, 15) is 0 Å². The number of aliphatic hydroxyl groups is 1. The average molecular weight is 212 g/mol. The first kappa shape index (κ1) is 12.4. The number of hydrogen-bond acceptors (Lipinski definition) is 3. The normalized spacial score (nSPS) is 18.0. The molecule has 1 N–H and O–H groups in total. The predicted molar refractivity (Wildman–Crippen MR) is 59.8 cm³/mol. The molecule has 0 saturated carbocycles. The Balaban J connectivity index is 2.45. The van der Waals surface area contributed by atoms with Crippen molar-refractivity contribution in [1.29, 1.82) is 0 Å². The third-order valence-corrected chi connectivity index (χ3v) is 2.63. The van der Waals surface area contributed by atoms with Gasteiger partial charge in [-0.1, -0.05) is 18.2 Å². The molecule has 1 rings (SSSR count). The smallest absolute Gasteiger partial charge is 0.103 e. The molecule has 1 atom stereocenters. The summed E-state index contributed by atoms with van der Waals surface area (Å²) < 4.78 is 10.8. The van der Waals surface area contributed by atoms with Crippen LogP contribution >= 0.6 is 0 Å². The highest BCUT2D eigenvalue weighted by molar-refractivity contribution is 5.33. The van der Waals surface area contributed by atoms with Crippen molar-refractivity contribution in [2.24, 2.45) is 0 Å². The van der Waals surface area contributed by atoms with Gasteiger partial charge in [0.2, 0.25) is 0 Å². The van der Waals surface area contributed by atoms with Gasteiger partial charge in [-0.15, -0.1) is 0 Å². The summed E-state index contributed by atoms with van der Waals surface area (Å²) >= 11 is 0. The second-order valence-electron chi connectivity index (χ2n) is 4.16. The Morgan fingerprint density at radius 2 is 2.27 bits per heavy atom. The maximum absolute atomic E-state index is 8.95. The minimum absolute atomic E-state index is 0.0124. The molecule has 3 heteroatoms. The third kappa shape index (κ3) is 3.45. The third-order valence-electron chi connectivity index (χ3n) is 2.63. The monoisotopic (exact) mass is 212 g/mol. The molecular formula is C12H20O3. The highest BCUT2D eigenvalue weighted by Crippen LogP contribution is 2.26. The van der Waals surface area contributed by atoms with Crippen LogP contribution in [-0.4, -0.2) is 37.1 Å². The van der Waals surface area contributed by atoms with Crippen molar-refractivity contribution in [1.82, 2.24) is 0 Å². The Hall–Kier alpha value is -0.640. The van der Waals surface area contributed by atoms with E-state index in [2.05, 4.69) is 18.2 Å². The number of rotatable bonds is 6. The largest absolute Gasteiger partial charge is 0.394 e. The lowest BCUT2D eigenvalue weighted by molar-refractivity contribution is -0.0660. The first-order chi connectivity index (χ1) is 7.10. The molecule has 0 fully saturated rings. The van der Waals surface area contributed by atoms with Crippen LogP contribution in [0.3, 0.4) is 0 Å². The van der Waals surface area contributed by atoms with Gasteiger partial charge in [-0.05, 0) is 25.8 Å². The van der Waals surface area contributed by atoms with Gasteiger partial charge in [0.1, 0.15) is 6.10 Å². The minimum Gasteiger partial charge on any atom is -0.394 e. The molecule has 3 nitrogen and oxygen atoms in total. The number of methoxy groups -OCH3 is 1. The van der Waals surface area contributed by atoms with E-state index in [1.807, 2.05) is 13.8 Å². The number of aliphatic hydroxyl groups excluding tert-OH is 1. The van der Waals surface area contributed by atoms with Crippen molar-refractivity contribution in [2.75, 3.05) is 20.3 Å². The molecule has 1 aliphatic carbocycles. The zero-order chi connectivity index (χ0) is 11.3. The molecular weight excluding hydrogens is 192 g/mol. The SMILES string of the molecule is COC(CO)COC(C)(C)C1=CCC=C1. The van der Waals surface area contributed by atoms with E-state index < -0.39 is 0 Å². The number of hydrogen-bond donors (Lipinski definition) is 1. The second-order valence-corrected chi connectivity index (χ2v) is 4.16. The standard InChI is InChI=1S/C12H20O3/c1-12(2,10-6-4-5-7-10)15-9-11(8-13)14-3/h4,6-7,11,13H,5,8-9H2,1-3H3. The van der Waals surface area contributed by atoms with Crippen molar-refractivity contribution in [3.63, 3.8) is 0 Å². The van der Waals surface area contributed by atoms with Crippen LogP contribution in [0.5, 0.6) is 0 Å². The van der Waals surface area contributed by atoms with Crippen LogP contribution in [0.2, 0.25) is 0 Å². The van der Waals surface area contributed by atoms with Gasteiger partial charge in [-0.2, -0.15) is 0 Å². The van der Waals surface area contributed by atoms with Crippen LogP contribution in [-0.2, 0) is 9.47 Å². The molecule has 1 aliphatic rings. The lowest BCUT2D eigenvalue weighted by atomic mass is 9.99. The molecule has 0 bridgehead atoms. The lowest BCUT2D eigenvalue weighted by Gasteiger charge is -2.28. The first-order valence-electron chi connectivity index (χ1n) is 5.25. The molecule has 15 heavy (non-hydrogen) atoms. The topological polar surface area (TPSA) is 38.7 Å². The Morgan fingerprint density at radius 1 is 1.53 bits per heavy atom. The molecule has 0 amide bonds. The first-order valence-corrected chi connectivity index (χ1v) is 5.25. The fraction of sp³-hybridized carbons (Fsp3) is 0.667. The van der Waals surface area contributed by atoms with Crippen LogP contribution in [0.4, 0.5) is 0 Å². The summed E-state index contributed by atoms with van der Waals surface area (Å²) in [6.07, 6.45) is 7.09. The van der Waals surface area contributed by atoms with E-state index >= 15 is 0 Å². The summed E-state index contributed by atoms with van der Waals surface area (Å²) in [4.78, 5) is 0. The van der Waals surface area contributed by atoms with Crippen LogP contribution in [0.25, 0.3) is 0 Å². The summed E-state index contributed by atoms with van der Waals surface area (Å²) in [5.74, 6) is 0. The van der Waals surface area contributed by atoms with Crippen LogP contribution in [0.1, 0.15) is 20.3 Å². The Bertz CT molecular complexity index is 250. The molecule has 0 heterocycles. The molecule has 0 aliphatic heterocycles. The molecule has 1 unspecified atom stereocenters. The van der Waals surface area contributed by atoms with Gasteiger partial charge in [-0.25, -0.2) is 0 Å². The van der Waals surface area contributed by atoms with Gasteiger partial charge in [0.15, 0.2) is 0 Å². The summed E-state index contributed by atoms with van der Waals surface area (Å²) in [7, 11) is 1.58. The average Bonchev–Trinajstić information content (AvgIpc) is 2.72. The highest BCUT2D eigenvalue weighted by Gasteiger charge is 2.24. The van der Waals surface area contributed by atoms with Gasteiger partial charge >= 0.3 is 0 Å². The lowest BCUT2D eigenvalue weighted by Crippen LogP contribution is -2.32. The molecule has 0 spiro atoms. The van der Waals surface area contributed by atoms with Crippen LogP contribution in [0, 0.1) is 0 Å². The minimum atomic E-state index is -0.307. The molecule has 0 aromatic carbocycles. The fourth-order valence-electron chi connectivity index (χ4n) is 1.48. The van der Waals surface area contributed by atoms with E-state index in [1.54, 1.807) is 7.11 Å². The van der Waals surface area contributed by atoms with Crippen molar-refractivity contribution in [2.45, 2.75) is 32.0 Å². The Kier molecular flexibility index (Phi) is 4.51. The molecule has 0 aromatic rings. The molecule has 0 aromatic heterocycles. The number of allylic oxidation sites excluding steroid dienone is 2. The van der Waals surface area contributed by atoms with E-state index in [-0.39, 0.29) is 18.3 Å². The predicted octanol–water partition coefficient (Wildman–Crippen LogP) is 1.68. The maximum Gasteiger partial charge on any atom is 0.103 e. The van der Waals surface area contributed by atoms with E-state index in [0.29, 0.717) is 6.61 Å². The van der Waals surface area contributed by atoms with Crippen LogP contribution in [0.15, 0.2) is 23.8 Å². The van der Waals surface area contributed by atoms with E-state index in [0.717, 1.165) is 6.42 Å². The summed E-state index contributed by atoms with van der Waals surface area (Å²) in [5.41, 5.74) is 0.883. The van der Waals surface area contributed by atoms with E-state index in [1.165, 1.54) is 5.57 Å². The summed E-state index contributed by atoms with van der Waals surface area (Å²) in [6, 6.07) is 0. The quantitative estimate of drug-likeness (QED) is 0.728.